The van der Waals surface area contributed by atoms with E-state index in [0.717, 1.165) is 33.4 Å². The molecule has 0 atom stereocenters. The van der Waals surface area contributed by atoms with E-state index in [1.165, 1.54) is 54.6 Å². The van der Waals surface area contributed by atoms with Crippen LogP contribution in [0.3, 0.4) is 0 Å². The minimum atomic E-state index is 1.01. The largest absolute Gasteiger partial charge is 0.264 e. The van der Waals surface area contributed by atoms with Crippen molar-refractivity contribution in [3.8, 4) is 55.6 Å². The number of benzene rings is 6. The van der Waals surface area contributed by atoms with Crippen LogP contribution in [0.25, 0.3) is 88.0 Å². The predicted molar refractivity (Wildman–Crippen MR) is 200 cm³/mol. The Balaban J connectivity index is 0.00000165. The molecule has 4 nitrogen and oxygen atoms in total. The van der Waals surface area contributed by atoms with Gasteiger partial charge in [-0.25, -0.2) is 9.97 Å². The van der Waals surface area contributed by atoms with Crippen molar-refractivity contribution >= 4 is 32.3 Å². The second-order valence-corrected chi connectivity index (χ2v) is 11.6. The van der Waals surface area contributed by atoms with Gasteiger partial charge in [-0.1, -0.05) is 98.8 Å². The van der Waals surface area contributed by atoms with Crippen molar-refractivity contribution < 1.29 is 0 Å². The van der Waals surface area contributed by atoms with Crippen LogP contribution < -0.4 is 0 Å². The lowest BCUT2D eigenvalue weighted by molar-refractivity contribution is 1.17. The molecule has 0 amide bonds. The first-order chi connectivity index (χ1) is 23.8. The number of rotatable bonds is 5. The highest BCUT2D eigenvalue weighted by atomic mass is 14.8. The number of nitrogens with zero attached hydrogens (tertiary/aromatic N) is 4. The monoisotopic (exact) mass is 616 g/mol. The van der Waals surface area contributed by atoms with E-state index in [0.29, 0.717) is 0 Å². The number of hydrogen-bond donors (Lipinski definition) is 0. The van der Waals surface area contributed by atoms with Crippen LogP contribution in [0.1, 0.15) is 13.8 Å². The van der Waals surface area contributed by atoms with Crippen LogP contribution in [0.2, 0.25) is 0 Å². The van der Waals surface area contributed by atoms with Gasteiger partial charge in [-0.3, -0.25) is 9.97 Å². The van der Waals surface area contributed by atoms with Crippen molar-refractivity contribution in [3.63, 3.8) is 0 Å². The Morgan fingerprint density at radius 1 is 0.354 bits per heavy atom. The Hall–Kier alpha value is -6.26. The van der Waals surface area contributed by atoms with Gasteiger partial charge in [0, 0.05) is 53.9 Å². The average molecular weight is 617 g/mol. The first-order valence-corrected chi connectivity index (χ1v) is 16.3. The maximum Gasteiger partial charge on any atom is 0.115 e. The molecule has 0 unspecified atom stereocenters. The molecule has 228 valence electrons. The molecule has 0 bridgehead atoms. The van der Waals surface area contributed by atoms with E-state index in [1.807, 2.05) is 63.2 Å². The highest BCUT2D eigenvalue weighted by molar-refractivity contribution is 6.27. The Labute approximate surface area is 279 Å². The third-order valence-electron chi connectivity index (χ3n) is 8.99. The molecule has 0 spiro atoms. The van der Waals surface area contributed by atoms with Gasteiger partial charge in [-0.15, -0.1) is 0 Å². The number of pyridine rings is 2. The molecule has 9 aromatic rings. The molecule has 0 radical (unpaired) electrons. The molecular weight excluding hydrogens is 585 g/mol. The highest BCUT2D eigenvalue weighted by Crippen LogP contribution is 2.43. The Bertz CT molecular complexity index is 2430. The van der Waals surface area contributed by atoms with Gasteiger partial charge < -0.3 is 0 Å². The second-order valence-electron chi connectivity index (χ2n) is 11.6. The topological polar surface area (TPSA) is 51.6 Å². The first-order valence-electron chi connectivity index (χ1n) is 16.3. The highest BCUT2D eigenvalue weighted by Gasteiger charge is 2.16. The minimum Gasteiger partial charge on any atom is -0.264 e. The molecule has 0 saturated heterocycles. The third kappa shape index (κ3) is 5.14. The summed E-state index contributed by atoms with van der Waals surface area (Å²) >= 11 is 0. The van der Waals surface area contributed by atoms with E-state index in [-0.39, 0.29) is 0 Å². The quantitative estimate of drug-likeness (QED) is 0.181. The third-order valence-corrected chi connectivity index (χ3v) is 8.99. The normalized spacial score (nSPS) is 11.1. The second kappa shape index (κ2) is 12.5. The zero-order chi connectivity index (χ0) is 32.5. The van der Waals surface area contributed by atoms with Crippen molar-refractivity contribution in [1.29, 1.82) is 0 Å². The molecule has 0 fully saturated rings. The van der Waals surface area contributed by atoms with Crippen molar-refractivity contribution in [3.05, 3.63) is 159 Å². The van der Waals surface area contributed by atoms with Gasteiger partial charge in [0.2, 0.25) is 0 Å². The van der Waals surface area contributed by atoms with Gasteiger partial charge in [-0.2, -0.15) is 0 Å². The molecule has 48 heavy (non-hydrogen) atoms. The van der Waals surface area contributed by atoms with Gasteiger partial charge in [0.15, 0.2) is 0 Å². The molecule has 0 aliphatic rings. The fourth-order valence-corrected chi connectivity index (χ4v) is 6.78. The fraction of sp³-hybridized carbons (Fsp3) is 0.0455. The van der Waals surface area contributed by atoms with Crippen molar-refractivity contribution in [1.82, 2.24) is 19.9 Å². The van der Waals surface area contributed by atoms with Crippen LogP contribution in [0, 0.1) is 0 Å². The zero-order valence-corrected chi connectivity index (χ0v) is 26.8. The van der Waals surface area contributed by atoms with Gasteiger partial charge >= 0.3 is 0 Å². The summed E-state index contributed by atoms with van der Waals surface area (Å²) in [6.07, 6.45) is 12.7. The Morgan fingerprint density at radius 2 is 0.812 bits per heavy atom. The minimum absolute atomic E-state index is 1.01. The van der Waals surface area contributed by atoms with E-state index in [9.17, 15) is 0 Å². The van der Waals surface area contributed by atoms with Crippen molar-refractivity contribution in [2.24, 2.45) is 0 Å². The Morgan fingerprint density at radius 3 is 1.33 bits per heavy atom. The molecule has 4 heteroatoms. The van der Waals surface area contributed by atoms with E-state index in [2.05, 4.69) is 123 Å². The van der Waals surface area contributed by atoms with Gasteiger partial charge in [0.25, 0.3) is 0 Å². The summed E-state index contributed by atoms with van der Waals surface area (Å²) in [5.41, 5.74) is 11.3. The van der Waals surface area contributed by atoms with Gasteiger partial charge in [-0.05, 0) is 102 Å². The summed E-state index contributed by atoms with van der Waals surface area (Å²) in [5, 5.41) is 7.57. The number of aromatic nitrogens is 4. The Kier molecular flexibility index (Phi) is 7.60. The lowest BCUT2D eigenvalue weighted by Gasteiger charge is -2.18. The molecular formula is C44H32N4. The summed E-state index contributed by atoms with van der Waals surface area (Å²) in [6, 6.07) is 41.9. The maximum atomic E-state index is 4.41. The summed E-state index contributed by atoms with van der Waals surface area (Å²) in [6.45, 7) is 4.00. The molecule has 3 heterocycles. The molecule has 0 N–H and O–H groups in total. The van der Waals surface area contributed by atoms with E-state index in [1.54, 1.807) is 6.33 Å². The molecule has 0 aliphatic carbocycles. The van der Waals surface area contributed by atoms with Crippen molar-refractivity contribution in [2.45, 2.75) is 13.8 Å². The first kappa shape index (κ1) is 29.2. The number of hydrogen-bond acceptors (Lipinski definition) is 4. The summed E-state index contributed by atoms with van der Waals surface area (Å²) in [7, 11) is 0. The van der Waals surface area contributed by atoms with Crippen LogP contribution in [0.5, 0.6) is 0 Å². The predicted octanol–water partition coefficient (Wildman–Crippen LogP) is 11.5. The smallest absolute Gasteiger partial charge is 0.115 e. The van der Waals surface area contributed by atoms with Crippen molar-refractivity contribution in [2.75, 3.05) is 0 Å². The standard InChI is InChI=1S/C42H26N4.C2H6/c1-3-31(22-43-17-1)33-19-34(32-4-2-18-44-23-32)21-35(20-33)38-14-12-30-10-9-29-11-13-37(39-15-16-40(38)42(30)41(29)39)28-7-5-27(6-8-28)36-24-45-26-46-25-36;1-2/h1-26H;1-2H3. The molecule has 0 aliphatic heterocycles. The van der Waals surface area contributed by atoms with E-state index in [4.69, 9.17) is 0 Å². The fourth-order valence-electron chi connectivity index (χ4n) is 6.78. The average Bonchev–Trinajstić information content (AvgIpc) is 3.18. The van der Waals surface area contributed by atoms with Crippen LogP contribution >= 0.6 is 0 Å². The van der Waals surface area contributed by atoms with E-state index >= 15 is 0 Å². The SMILES string of the molecule is CC.c1cncc(-c2cc(-c3cccnc3)cc(-c3ccc4ccc5ccc(-c6ccc(-c7cncnc7)cc6)c6ccc3c4c56)c2)c1. The summed E-state index contributed by atoms with van der Waals surface area (Å²) in [5.74, 6) is 0. The lowest BCUT2D eigenvalue weighted by atomic mass is 9.86. The molecule has 3 aromatic heterocycles. The van der Waals surface area contributed by atoms with Gasteiger partial charge in [0.1, 0.15) is 6.33 Å². The maximum absolute atomic E-state index is 4.41. The van der Waals surface area contributed by atoms with Crippen LogP contribution in [0.15, 0.2) is 159 Å². The zero-order valence-electron chi connectivity index (χ0n) is 26.8. The van der Waals surface area contributed by atoms with Crippen LogP contribution in [-0.2, 0) is 0 Å². The summed E-state index contributed by atoms with van der Waals surface area (Å²) in [4.78, 5) is 17.2. The van der Waals surface area contributed by atoms with Crippen LogP contribution in [-0.4, -0.2) is 19.9 Å². The van der Waals surface area contributed by atoms with E-state index < -0.39 is 0 Å². The molecule has 9 rings (SSSR count). The molecule has 0 saturated carbocycles. The summed E-state index contributed by atoms with van der Waals surface area (Å²) < 4.78 is 0. The lowest BCUT2D eigenvalue weighted by Crippen LogP contribution is -1.91. The van der Waals surface area contributed by atoms with Gasteiger partial charge in [0.05, 0.1) is 0 Å². The molecule has 6 aromatic carbocycles. The van der Waals surface area contributed by atoms with Crippen LogP contribution in [0.4, 0.5) is 0 Å².